The molecule has 1 unspecified atom stereocenters. The van der Waals surface area contributed by atoms with Crippen LogP contribution in [0.25, 0.3) is 0 Å². The molecule has 11 atom stereocenters. The molecule has 0 aromatic carbocycles. The highest BCUT2D eigenvalue weighted by Crippen LogP contribution is 2.36. The van der Waals surface area contributed by atoms with Gasteiger partial charge in [-0.3, -0.25) is 38.4 Å². The van der Waals surface area contributed by atoms with Gasteiger partial charge in [0.1, 0.15) is 31.5 Å². The van der Waals surface area contributed by atoms with Crippen molar-refractivity contribution >= 4 is 67.4 Å². The summed E-state index contributed by atoms with van der Waals surface area (Å²) < 4.78 is 123. The van der Waals surface area contributed by atoms with Crippen LogP contribution in [-0.4, -0.2) is 176 Å². The Hall–Kier alpha value is -4.50. The normalized spacial score (nSPS) is 24.0. The highest BCUT2D eigenvalue weighted by atomic mass is 32.2. The van der Waals surface area contributed by atoms with Crippen LogP contribution >= 0.6 is 0 Å². The molecule has 24 nitrogen and oxygen atoms in total. The minimum absolute atomic E-state index is 0.217. The predicted molar refractivity (Wildman–Crippen MR) is 267 cm³/mol. The number of hydrogen-bond acceptors (Lipinski definition) is 24. The smallest absolute Gasteiger partial charge is 0.305 e. The lowest BCUT2D eigenvalue weighted by atomic mass is 9.96. The molecular formula is C50H82O24S2. The van der Waals surface area contributed by atoms with Gasteiger partial charge in [0.05, 0.1) is 36.7 Å². The van der Waals surface area contributed by atoms with Gasteiger partial charge >= 0.3 is 47.8 Å². The van der Waals surface area contributed by atoms with Crippen LogP contribution in [0.15, 0.2) is 0 Å². The molecule has 0 bridgehead atoms. The maximum atomic E-state index is 13.8. The summed E-state index contributed by atoms with van der Waals surface area (Å²) in [6.07, 6.45) is -6.33. The first-order valence-corrected chi connectivity index (χ1v) is 29.6. The molecule has 0 N–H and O–H groups in total. The zero-order valence-electron chi connectivity index (χ0n) is 45.5. The molecular weight excluding hydrogens is 1050 g/mol. The molecule has 76 heavy (non-hydrogen) atoms. The molecule has 0 radical (unpaired) electrons. The van der Waals surface area contributed by atoms with Crippen molar-refractivity contribution < 1.29 is 112 Å². The van der Waals surface area contributed by atoms with Gasteiger partial charge in [-0.1, -0.05) is 77.6 Å². The van der Waals surface area contributed by atoms with Crippen LogP contribution in [0.3, 0.4) is 0 Å². The standard InChI is InChI=1S/C50H82O24S2/c1-10-11-12-13-19-22-25-75(59,60)30-39(31-76(61,62)26-23-20-17-15-14-16-18-21-24-42(58)63-9)27-66-49-47(70-37(7)56)46(69-36(6)55)44(41(72-49)29-65-33(3)52)74-50-48(71-38(8)57)45(68-35(5)54)43(67-34(4)53)40(73-50)28-64-32(2)51/h39-41,43-50H,10-31H2,1-9H3/t39?,40-,41-,43+,44-,45+,46+,47-,48-,49-,50+/m1/s1. The fraction of sp³-hybridized carbons (Fsp3) is 0.840. The number of esters is 8. The summed E-state index contributed by atoms with van der Waals surface area (Å²) in [6.45, 7) is 7.22. The van der Waals surface area contributed by atoms with Crippen LogP contribution in [0, 0.1) is 5.92 Å². The van der Waals surface area contributed by atoms with Crippen LogP contribution < -0.4 is 0 Å². The number of unbranched alkanes of at least 4 members (excludes halogenated alkanes) is 12. The fourth-order valence-corrected chi connectivity index (χ4v) is 12.4. The first-order valence-electron chi connectivity index (χ1n) is 26.0. The van der Waals surface area contributed by atoms with Gasteiger partial charge in [0.15, 0.2) is 62.8 Å². The van der Waals surface area contributed by atoms with Gasteiger partial charge in [0.25, 0.3) is 0 Å². The topological polar surface area (TPSA) is 316 Å². The number of sulfone groups is 2. The Bertz CT molecular complexity index is 2080. The summed E-state index contributed by atoms with van der Waals surface area (Å²) in [5, 5.41) is 0. The lowest BCUT2D eigenvalue weighted by Gasteiger charge is -2.48. The largest absolute Gasteiger partial charge is 0.469 e. The second-order valence-corrected chi connectivity index (χ2v) is 23.5. The van der Waals surface area contributed by atoms with Crippen molar-refractivity contribution in [3.05, 3.63) is 0 Å². The minimum atomic E-state index is -3.92. The molecule has 2 fully saturated rings. The Morgan fingerprint density at radius 3 is 1.25 bits per heavy atom. The highest BCUT2D eigenvalue weighted by molar-refractivity contribution is 7.92. The third-order valence-electron chi connectivity index (χ3n) is 12.0. The van der Waals surface area contributed by atoms with E-state index in [2.05, 4.69) is 11.7 Å². The maximum absolute atomic E-state index is 13.8. The van der Waals surface area contributed by atoms with Crippen molar-refractivity contribution in [2.45, 2.75) is 213 Å². The van der Waals surface area contributed by atoms with E-state index in [1.54, 1.807) is 0 Å². The minimum Gasteiger partial charge on any atom is -0.469 e. The average Bonchev–Trinajstić information content (AvgIpc) is 3.30. The van der Waals surface area contributed by atoms with Crippen molar-refractivity contribution in [3.63, 3.8) is 0 Å². The van der Waals surface area contributed by atoms with E-state index in [1.807, 2.05) is 0 Å². The van der Waals surface area contributed by atoms with Gasteiger partial charge in [-0.15, -0.1) is 0 Å². The lowest BCUT2D eigenvalue weighted by Crippen LogP contribution is -2.67. The highest BCUT2D eigenvalue weighted by Gasteiger charge is 2.58. The molecule has 26 heteroatoms. The van der Waals surface area contributed by atoms with Crippen molar-refractivity contribution in [1.29, 1.82) is 0 Å². The molecule has 0 aliphatic carbocycles. The van der Waals surface area contributed by atoms with Gasteiger partial charge in [0, 0.05) is 60.8 Å². The Kier molecular flexibility index (Phi) is 31.2. The van der Waals surface area contributed by atoms with Gasteiger partial charge in [0.2, 0.25) is 0 Å². The number of methoxy groups -OCH3 is 1. The van der Waals surface area contributed by atoms with E-state index >= 15 is 0 Å². The van der Waals surface area contributed by atoms with Crippen molar-refractivity contribution in [1.82, 2.24) is 0 Å². The van der Waals surface area contributed by atoms with Gasteiger partial charge in [-0.2, -0.15) is 0 Å². The molecule has 0 saturated carbocycles. The molecule has 0 aromatic rings. The summed E-state index contributed by atoms with van der Waals surface area (Å²) >= 11 is 0. The fourth-order valence-electron chi connectivity index (χ4n) is 8.72. The summed E-state index contributed by atoms with van der Waals surface area (Å²) in [5.74, 6) is -9.63. The van der Waals surface area contributed by atoms with Crippen LogP contribution in [0.2, 0.25) is 0 Å². The molecule has 0 aromatic heterocycles. The van der Waals surface area contributed by atoms with Crippen molar-refractivity contribution in [2.75, 3.05) is 49.9 Å². The van der Waals surface area contributed by atoms with Gasteiger partial charge in [-0.25, -0.2) is 16.8 Å². The average molecular weight is 1130 g/mol. The van der Waals surface area contributed by atoms with Gasteiger partial charge in [-0.05, 0) is 19.3 Å². The van der Waals surface area contributed by atoms with Crippen LogP contribution in [0.4, 0.5) is 0 Å². The molecule has 0 spiro atoms. The monoisotopic (exact) mass is 1130 g/mol. The molecule has 2 heterocycles. The third-order valence-corrected chi connectivity index (χ3v) is 15.8. The van der Waals surface area contributed by atoms with Crippen molar-refractivity contribution in [3.8, 4) is 0 Å². The van der Waals surface area contributed by atoms with Crippen LogP contribution in [0.5, 0.6) is 0 Å². The van der Waals surface area contributed by atoms with E-state index in [9.17, 15) is 55.2 Å². The summed E-state index contributed by atoms with van der Waals surface area (Å²) in [5.41, 5.74) is 0. The number of ether oxygens (including phenoxy) is 12. The summed E-state index contributed by atoms with van der Waals surface area (Å²) in [6, 6.07) is 0. The zero-order valence-corrected chi connectivity index (χ0v) is 47.2. The summed E-state index contributed by atoms with van der Waals surface area (Å²) in [4.78, 5) is 99.1. The molecule has 2 saturated heterocycles. The van der Waals surface area contributed by atoms with E-state index in [0.717, 1.165) is 113 Å². The van der Waals surface area contributed by atoms with E-state index < -0.39 is 160 Å². The molecule has 438 valence electrons. The maximum Gasteiger partial charge on any atom is 0.305 e. The number of hydrogen-bond donors (Lipinski definition) is 0. The van der Waals surface area contributed by atoms with E-state index in [-0.39, 0.29) is 17.5 Å². The van der Waals surface area contributed by atoms with Crippen molar-refractivity contribution in [2.24, 2.45) is 5.92 Å². The number of carbonyl (C=O) groups is 8. The quantitative estimate of drug-likeness (QED) is 0.0484. The SMILES string of the molecule is CCCCCCCCS(=O)(=O)CC(CO[C@@H]1O[C@H](COC(C)=O)[C@@H](O[C@@H]2O[C@H](COC(C)=O)[C@H](OC(C)=O)[C@H](OC(C)=O)[C@H]2OC(C)=O)[C@H](OC(C)=O)[C@H]1OC(C)=O)CS(=O)(=O)CCCCCCCCCCC(=O)OC. The molecule has 2 rings (SSSR count). The Balaban J connectivity index is 2.59. The second-order valence-electron chi connectivity index (χ2n) is 19.0. The Morgan fingerprint density at radius 1 is 0.447 bits per heavy atom. The lowest BCUT2D eigenvalue weighted by molar-refractivity contribution is -0.361. The first kappa shape index (κ1) is 67.6. The molecule has 2 aliphatic heterocycles. The second kappa shape index (κ2) is 35.1. The van der Waals surface area contributed by atoms with Crippen LogP contribution in [0.1, 0.15) is 152 Å². The Labute approximate surface area is 447 Å². The summed E-state index contributed by atoms with van der Waals surface area (Å²) in [7, 11) is -6.46. The third kappa shape index (κ3) is 27.2. The molecule has 0 amide bonds. The van der Waals surface area contributed by atoms with E-state index in [0.29, 0.717) is 32.1 Å². The number of rotatable bonds is 36. The molecule has 2 aliphatic rings. The van der Waals surface area contributed by atoms with E-state index in [4.69, 9.17) is 52.1 Å². The van der Waals surface area contributed by atoms with E-state index in [1.165, 1.54) is 7.11 Å². The zero-order chi connectivity index (χ0) is 57.0. The Morgan fingerprint density at radius 2 is 0.816 bits per heavy atom. The predicted octanol–water partition coefficient (Wildman–Crippen LogP) is 4.11. The number of carbonyl (C=O) groups excluding carboxylic acids is 8. The van der Waals surface area contributed by atoms with Crippen LogP contribution in [-0.2, 0) is 115 Å². The first-order chi connectivity index (χ1) is 35.8. The van der Waals surface area contributed by atoms with Gasteiger partial charge < -0.3 is 56.8 Å².